The van der Waals surface area contributed by atoms with E-state index in [2.05, 4.69) is 5.32 Å². The lowest BCUT2D eigenvalue weighted by Crippen LogP contribution is -2.27. The zero-order valence-corrected chi connectivity index (χ0v) is 14.1. The van der Waals surface area contributed by atoms with Crippen molar-refractivity contribution in [3.8, 4) is 0 Å². The van der Waals surface area contributed by atoms with E-state index in [1.807, 2.05) is 18.2 Å². The number of nitrogens with one attached hydrogen (secondary N) is 1. The summed E-state index contributed by atoms with van der Waals surface area (Å²) in [4.78, 5) is 24.1. The van der Waals surface area contributed by atoms with E-state index in [0.29, 0.717) is 27.5 Å². The topological polar surface area (TPSA) is 51.1 Å². The molecule has 1 N–H and O–H groups in total. The zero-order valence-electron chi connectivity index (χ0n) is 12.6. The number of carbonyl (C=O) groups excluding carboxylic acids is 1. The second-order valence-electron chi connectivity index (χ2n) is 5.34. The van der Waals surface area contributed by atoms with Crippen LogP contribution in [-0.4, -0.2) is 10.5 Å². The molecule has 0 fully saturated rings. The Labute approximate surface area is 148 Å². The summed E-state index contributed by atoms with van der Waals surface area (Å²) in [6.07, 6.45) is 1.60. The van der Waals surface area contributed by atoms with Gasteiger partial charge in [-0.05, 0) is 29.8 Å². The number of aromatic nitrogens is 1. The Kier molecular flexibility index (Phi) is 4.88. The molecule has 122 valence electrons. The van der Waals surface area contributed by atoms with E-state index in [1.165, 1.54) is 6.07 Å². The molecular weight excluding hydrogens is 347 g/mol. The maximum Gasteiger partial charge on any atom is 0.240 e. The summed E-state index contributed by atoms with van der Waals surface area (Å²) >= 11 is 12.0. The molecule has 0 bridgehead atoms. The summed E-state index contributed by atoms with van der Waals surface area (Å²) in [5.41, 5.74) is 1.39. The lowest BCUT2D eigenvalue weighted by atomic mass is 10.2. The predicted molar refractivity (Wildman–Crippen MR) is 96.5 cm³/mol. The zero-order chi connectivity index (χ0) is 17.1. The maximum absolute atomic E-state index is 12.2. The van der Waals surface area contributed by atoms with Crippen molar-refractivity contribution >= 4 is 40.0 Å². The number of pyridine rings is 1. The van der Waals surface area contributed by atoms with E-state index in [9.17, 15) is 9.59 Å². The number of benzene rings is 2. The van der Waals surface area contributed by atoms with E-state index in [1.54, 1.807) is 35.0 Å². The second-order valence-corrected chi connectivity index (χ2v) is 6.18. The molecule has 1 heterocycles. The van der Waals surface area contributed by atoms with Crippen LogP contribution >= 0.6 is 23.2 Å². The Hall–Kier alpha value is -2.30. The molecular formula is C18H14Cl2N2O2. The highest BCUT2D eigenvalue weighted by atomic mass is 35.5. The van der Waals surface area contributed by atoms with Gasteiger partial charge in [0.15, 0.2) is 5.43 Å². The van der Waals surface area contributed by atoms with Gasteiger partial charge in [-0.25, -0.2) is 0 Å². The van der Waals surface area contributed by atoms with Crippen LogP contribution in [0.2, 0.25) is 10.0 Å². The van der Waals surface area contributed by atoms with Crippen LogP contribution in [0.3, 0.4) is 0 Å². The lowest BCUT2D eigenvalue weighted by molar-refractivity contribution is -0.121. The first-order chi connectivity index (χ1) is 11.5. The molecule has 0 unspecified atom stereocenters. The minimum absolute atomic E-state index is 0.100. The Bertz CT molecular complexity index is 967. The van der Waals surface area contributed by atoms with Crippen LogP contribution in [0.25, 0.3) is 10.9 Å². The molecule has 0 aliphatic heterocycles. The molecule has 2 aromatic carbocycles. The standard InChI is InChI=1S/C18H14Cl2N2O2/c19-13-5-6-16-14(9-13)17(23)7-8-22(16)11-18(24)21-10-12-3-1-2-4-15(12)20/h1-9H,10-11H2,(H,21,24). The molecule has 1 aromatic heterocycles. The number of hydrogen-bond acceptors (Lipinski definition) is 2. The van der Waals surface area contributed by atoms with Gasteiger partial charge in [-0.3, -0.25) is 9.59 Å². The van der Waals surface area contributed by atoms with Crippen molar-refractivity contribution in [2.45, 2.75) is 13.1 Å². The maximum atomic E-state index is 12.2. The Morgan fingerprint density at radius 2 is 1.88 bits per heavy atom. The van der Waals surface area contributed by atoms with Crippen molar-refractivity contribution in [2.24, 2.45) is 0 Å². The summed E-state index contributed by atoms with van der Waals surface area (Å²) < 4.78 is 1.72. The van der Waals surface area contributed by atoms with Gasteiger partial charge in [0, 0.05) is 34.2 Å². The summed E-state index contributed by atoms with van der Waals surface area (Å²) in [6.45, 7) is 0.450. The molecule has 3 rings (SSSR count). The summed E-state index contributed by atoms with van der Waals surface area (Å²) in [5, 5.41) is 4.42. The lowest BCUT2D eigenvalue weighted by Gasteiger charge is -2.12. The van der Waals surface area contributed by atoms with Crippen molar-refractivity contribution < 1.29 is 4.79 Å². The van der Waals surface area contributed by atoms with Crippen molar-refractivity contribution in [1.29, 1.82) is 0 Å². The number of hydrogen-bond donors (Lipinski definition) is 1. The molecule has 0 aliphatic rings. The van der Waals surface area contributed by atoms with Gasteiger partial charge in [-0.1, -0.05) is 41.4 Å². The fourth-order valence-electron chi connectivity index (χ4n) is 2.47. The molecule has 0 radical (unpaired) electrons. The Morgan fingerprint density at radius 1 is 1.08 bits per heavy atom. The third-order valence-corrected chi connectivity index (χ3v) is 4.29. The first-order valence-corrected chi connectivity index (χ1v) is 8.09. The molecule has 3 aromatic rings. The smallest absolute Gasteiger partial charge is 0.240 e. The normalized spacial score (nSPS) is 10.8. The average molecular weight is 361 g/mol. The summed E-state index contributed by atoms with van der Waals surface area (Å²) in [5.74, 6) is -0.171. The van der Waals surface area contributed by atoms with Crippen molar-refractivity contribution in [3.05, 3.63) is 80.6 Å². The SMILES string of the molecule is O=C(Cn1ccc(=O)c2cc(Cl)ccc21)NCc1ccccc1Cl. The molecule has 0 spiro atoms. The largest absolute Gasteiger partial charge is 0.350 e. The minimum atomic E-state index is -0.171. The van der Waals surface area contributed by atoms with Crippen LogP contribution in [0.4, 0.5) is 0 Å². The van der Waals surface area contributed by atoms with Crippen molar-refractivity contribution in [1.82, 2.24) is 9.88 Å². The van der Waals surface area contributed by atoms with Crippen LogP contribution in [0.1, 0.15) is 5.56 Å². The van der Waals surface area contributed by atoms with Gasteiger partial charge in [0.2, 0.25) is 5.91 Å². The van der Waals surface area contributed by atoms with E-state index in [-0.39, 0.29) is 17.9 Å². The number of carbonyl (C=O) groups is 1. The van der Waals surface area contributed by atoms with Gasteiger partial charge >= 0.3 is 0 Å². The first kappa shape index (κ1) is 16.6. The highest BCUT2D eigenvalue weighted by Gasteiger charge is 2.08. The quantitative estimate of drug-likeness (QED) is 0.772. The fourth-order valence-corrected chi connectivity index (χ4v) is 2.84. The van der Waals surface area contributed by atoms with Gasteiger partial charge < -0.3 is 9.88 Å². The monoisotopic (exact) mass is 360 g/mol. The number of amides is 1. The number of nitrogens with zero attached hydrogens (tertiary/aromatic N) is 1. The first-order valence-electron chi connectivity index (χ1n) is 7.33. The van der Waals surface area contributed by atoms with Gasteiger partial charge in [0.05, 0.1) is 5.52 Å². The van der Waals surface area contributed by atoms with Gasteiger partial charge in [0.25, 0.3) is 0 Å². The third-order valence-electron chi connectivity index (χ3n) is 3.69. The molecule has 0 saturated carbocycles. The molecule has 1 amide bonds. The van der Waals surface area contributed by atoms with Crippen molar-refractivity contribution in [3.63, 3.8) is 0 Å². The minimum Gasteiger partial charge on any atom is -0.350 e. The van der Waals surface area contributed by atoms with E-state index >= 15 is 0 Å². The van der Waals surface area contributed by atoms with Crippen LogP contribution in [0.15, 0.2) is 59.5 Å². The molecule has 0 aliphatic carbocycles. The van der Waals surface area contributed by atoms with Gasteiger partial charge in [-0.2, -0.15) is 0 Å². The molecule has 0 atom stereocenters. The van der Waals surface area contributed by atoms with Crippen molar-refractivity contribution in [2.75, 3.05) is 0 Å². The van der Waals surface area contributed by atoms with E-state index < -0.39 is 0 Å². The fraction of sp³-hybridized carbons (Fsp3) is 0.111. The summed E-state index contributed by atoms with van der Waals surface area (Å²) in [6, 6.07) is 13.8. The molecule has 0 saturated heterocycles. The van der Waals surface area contributed by atoms with Crippen LogP contribution in [-0.2, 0) is 17.9 Å². The molecule has 6 heteroatoms. The number of fused-ring (bicyclic) bond motifs is 1. The Balaban J connectivity index is 1.78. The molecule has 24 heavy (non-hydrogen) atoms. The van der Waals surface area contributed by atoms with E-state index in [4.69, 9.17) is 23.2 Å². The van der Waals surface area contributed by atoms with E-state index in [0.717, 1.165) is 5.56 Å². The highest BCUT2D eigenvalue weighted by molar-refractivity contribution is 6.31. The third kappa shape index (κ3) is 3.61. The number of halogens is 2. The van der Waals surface area contributed by atoms with Crippen LogP contribution < -0.4 is 10.7 Å². The van der Waals surface area contributed by atoms with Gasteiger partial charge in [0.1, 0.15) is 6.54 Å². The Morgan fingerprint density at radius 3 is 2.67 bits per heavy atom. The van der Waals surface area contributed by atoms with Gasteiger partial charge in [-0.15, -0.1) is 0 Å². The second kappa shape index (κ2) is 7.07. The highest BCUT2D eigenvalue weighted by Crippen LogP contribution is 2.17. The van der Waals surface area contributed by atoms with Crippen LogP contribution in [0, 0.1) is 0 Å². The summed E-state index contributed by atoms with van der Waals surface area (Å²) in [7, 11) is 0. The predicted octanol–water partition coefficient (Wildman–Crippen LogP) is 3.62. The number of rotatable bonds is 4. The molecule has 4 nitrogen and oxygen atoms in total. The van der Waals surface area contributed by atoms with Crippen LogP contribution in [0.5, 0.6) is 0 Å². The average Bonchev–Trinajstić information content (AvgIpc) is 2.57.